The van der Waals surface area contributed by atoms with Gasteiger partial charge in [-0.25, -0.2) is 4.98 Å². The van der Waals surface area contributed by atoms with Crippen molar-refractivity contribution in [1.29, 1.82) is 0 Å². The number of aliphatic carboxylic acids is 1. The van der Waals surface area contributed by atoms with Gasteiger partial charge >= 0.3 is 5.97 Å². The molecule has 352 valence electrons. The Bertz CT molecular complexity index is 1410. The Morgan fingerprint density at radius 2 is 1.52 bits per heavy atom. The van der Waals surface area contributed by atoms with Crippen LogP contribution >= 0.6 is 11.3 Å². The normalized spacial score (nSPS) is 12.1. The fourth-order valence-corrected chi connectivity index (χ4v) is 7.06. The average Bonchev–Trinajstić information content (AvgIpc) is 3.75. The lowest BCUT2D eigenvalue weighted by molar-refractivity contribution is -0.137. The molecule has 6 N–H and O–H groups in total. The Morgan fingerprint density at radius 3 is 2.07 bits per heavy atom. The number of primary amides is 1. The van der Waals surface area contributed by atoms with Gasteiger partial charge in [0, 0.05) is 49.9 Å². The van der Waals surface area contributed by atoms with E-state index in [0.717, 1.165) is 69.2 Å². The molecule has 0 aliphatic carbocycles. The molecule has 0 spiro atoms. The zero-order chi connectivity index (χ0) is 46.6. The lowest BCUT2D eigenvalue weighted by atomic mass is 9.95. The summed E-state index contributed by atoms with van der Waals surface area (Å²) in [5, 5.41) is 14.8. The van der Waals surface area contributed by atoms with Crippen LogP contribution in [-0.4, -0.2) is 102 Å². The maximum Gasteiger partial charge on any atom is 0.303 e. The first kappa shape index (κ1) is 59.5. The number of amides is 3. The third kappa shape index (κ3) is 27.9. The summed E-state index contributed by atoms with van der Waals surface area (Å²) in [4.78, 5) is 57.1. The number of hydrogen-bond acceptors (Lipinski definition) is 10. The third-order valence-corrected chi connectivity index (χ3v) is 10.3. The topological polar surface area (TPSA) is 190 Å². The highest BCUT2D eigenvalue weighted by molar-refractivity contribution is 7.09. The number of rotatable bonds is 30. The molecule has 1 heterocycles. The Morgan fingerprint density at radius 1 is 0.869 bits per heavy atom. The van der Waals surface area contributed by atoms with Crippen LogP contribution in [0.15, 0.2) is 29.6 Å². The van der Waals surface area contributed by atoms with E-state index in [0.29, 0.717) is 57.1 Å². The van der Waals surface area contributed by atoms with Gasteiger partial charge in [-0.1, -0.05) is 94.2 Å². The van der Waals surface area contributed by atoms with Gasteiger partial charge in [0.1, 0.15) is 22.6 Å². The summed E-state index contributed by atoms with van der Waals surface area (Å²) in [6, 6.07) is 7.24. The van der Waals surface area contributed by atoms with E-state index in [1.165, 1.54) is 11.3 Å². The molecule has 1 aromatic carbocycles. The molecule has 0 aliphatic rings. The van der Waals surface area contributed by atoms with Crippen molar-refractivity contribution >= 4 is 35.0 Å². The summed E-state index contributed by atoms with van der Waals surface area (Å²) < 4.78 is 12.1. The average molecular weight is 879 g/mol. The fraction of sp³-hybridized carbons (Fsp3) is 0.723. The molecule has 0 saturated carbocycles. The first-order valence-electron chi connectivity index (χ1n) is 23.1. The number of carboxylic acids is 1. The van der Waals surface area contributed by atoms with Crippen LogP contribution in [0.2, 0.25) is 0 Å². The number of aromatic nitrogens is 1. The molecule has 0 bridgehead atoms. The summed E-state index contributed by atoms with van der Waals surface area (Å²) in [7, 11) is 1.90. The van der Waals surface area contributed by atoms with Gasteiger partial charge in [-0.15, -0.1) is 11.3 Å². The van der Waals surface area contributed by atoms with Gasteiger partial charge in [0.2, 0.25) is 11.8 Å². The van der Waals surface area contributed by atoms with Gasteiger partial charge in [0.25, 0.3) is 5.91 Å². The first-order chi connectivity index (χ1) is 29.3. The van der Waals surface area contributed by atoms with Crippen molar-refractivity contribution in [3.8, 4) is 5.75 Å². The van der Waals surface area contributed by atoms with E-state index >= 15 is 0 Å². The molecule has 61 heavy (non-hydrogen) atoms. The summed E-state index contributed by atoms with van der Waals surface area (Å²) in [5.74, 6) is -0.359. The number of carbonyl (C=O) groups excluding carboxylic acids is 3. The quantitative estimate of drug-likeness (QED) is 0.0551. The molecule has 0 aliphatic heterocycles. The number of ether oxygens (including phenoxy) is 2. The number of carbonyl (C=O) groups is 4. The first-order valence-corrected chi connectivity index (χ1v) is 23.9. The largest absolute Gasteiger partial charge is 0.494 e. The minimum Gasteiger partial charge on any atom is -0.494 e. The maximum atomic E-state index is 13.4. The highest BCUT2D eigenvalue weighted by Crippen LogP contribution is 2.31. The van der Waals surface area contributed by atoms with Crippen molar-refractivity contribution in [3.63, 3.8) is 0 Å². The van der Waals surface area contributed by atoms with Crippen LogP contribution in [0.25, 0.3) is 0 Å². The lowest BCUT2D eigenvalue weighted by Gasteiger charge is -2.36. The van der Waals surface area contributed by atoms with Crippen LogP contribution < -0.4 is 21.5 Å². The summed E-state index contributed by atoms with van der Waals surface area (Å²) in [5.41, 5.74) is 11.8. The van der Waals surface area contributed by atoms with Crippen LogP contribution in [0.3, 0.4) is 0 Å². The Balaban J connectivity index is 0. The molecule has 0 fully saturated rings. The number of benzene rings is 1. The van der Waals surface area contributed by atoms with Gasteiger partial charge in [-0.05, 0) is 95.1 Å². The minimum absolute atomic E-state index is 0.0227. The summed E-state index contributed by atoms with van der Waals surface area (Å²) in [6.45, 7) is 24.4. The molecule has 13 nitrogen and oxygen atoms in total. The molecule has 14 heteroatoms. The van der Waals surface area contributed by atoms with Gasteiger partial charge in [-0.3, -0.25) is 24.1 Å². The predicted molar refractivity (Wildman–Crippen MR) is 252 cm³/mol. The van der Waals surface area contributed by atoms with Crippen molar-refractivity contribution in [2.24, 2.45) is 17.4 Å². The molecule has 0 radical (unpaired) electrons. The number of carboxylic acid groups (broad SMARTS) is 1. The van der Waals surface area contributed by atoms with Crippen molar-refractivity contribution in [2.75, 3.05) is 46.4 Å². The number of nitrogens with one attached hydrogen (secondary N) is 1. The van der Waals surface area contributed by atoms with Gasteiger partial charge in [0.05, 0.1) is 13.2 Å². The second-order valence-electron chi connectivity index (χ2n) is 15.0. The van der Waals surface area contributed by atoms with Crippen LogP contribution in [0, 0.1) is 5.92 Å². The third-order valence-electron chi connectivity index (χ3n) is 9.34. The van der Waals surface area contributed by atoms with Crippen molar-refractivity contribution in [3.05, 3.63) is 45.9 Å². The van der Waals surface area contributed by atoms with Crippen LogP contribution in [0.5, 0.6) is 5.75 Å². The Labute approximate surface area is 374 Å². The molecule has 2 rings (SSSR count). The van der Waals surface area contributed by atoms with Gasteiger partial charge in [-0.2, -0.15) is 0 Å². The smallest absolute Gasteiger partial charge is 0.303 e. The minimum atomic E-state index is -0.915. The second kappa shape index (κ2) is 38.1. The molecule has 3 unspecified atom stereocenters. The van der Waals surface area contributed by atoms with Crippen molar-refractivity contribution < 1.29 is 33.8 Å². The highest BCUT2D eigenvalue weighted by Gasteiger charge is 2.31. The zero-order valence-electron chi connectivity index (χ0n) is 39.9. The van der Waals surface area contributed by atoms with E-state index in [2.05, 4.69) is 46.9 Å². The van der Waals surface area contributed by atoms with Crippen LogP contribution in [-0.2, 0) is 25.5 Å². The molecule has 0 saturated heterocycles. The predicted octanol–water partition coefficient (Wildman–Crippen LogP) is 9.03. The molecule has 3 amide bonds. The fourth-order valence-electron chi connectivity index (χ4n) is 6.20. The molecule has 1 aromatic heterocycles. The molecule has 2 aromatic rings. The highest BCUT2D eigenvalue weighted by atomic mass is 32.1. The zero-order valence-corrected chi connectivity index (χ0v) is 40.7. The standard InChI is InChI=1S/C36H58N4O6S.C7H16N2O.2C2H6/c1-6-9-12-33(41)40(20-7-2)31(26(4)5)24-32(46-21-8-3)36-39-30(25-47-36)35(44)38-28(15-18-34(42)43)23-27-13-16-29(17-14-27)45-22-11-10-19-37;1-3-4-5-9(2)6-7(8)10;2*1-2/h13-14,16-17,25-26,28,31-32H,6-12,15,18-24,37H2,1-5H3,(H,38,44)(H,42,43);3-6H2,1-2H3,(H2,8,10);2*1-2H3. The van der Waals surface area contributed by atoms with Crippen LogP contribution in [0.1, 0.15) is 173 Å². The number of nitrogens with zero attached hydrogens (tertiary/aromatic N) is 3. The monoisotopic (exact) mass is 879 g/mol. The molecule has 3 atom stereocenters. The van der Waals surface area contributed by atoms with E-state index in [4.69, 9.17) is 25.9 Å². The maximum absolute atomic E-state index is 13.4. The second-order valence-corrected chi connectivity index (χ2v) is 15.9. The van der Waals surface area contributed by atoms with Crippen LogP contribution in [0.4, 0.5) is 0 Å². The summed E-state index contributed by atoms with van der Waals surface area (Å²) >= 11 is 1.38. The van der Waals surface area contributed by atoms with Gasteiger partial charge in [0.15, 0.2) is 0 Å². The van der Waals surface area contributed by atoms with E-state index in [9.17, 15) is 24.3 Å². The molecular weight excluding hydrogens is 793 g/mol. The van der Waals surface area contributed by atoms with Gasteiger partial charge < -0.3 is 36.3 Å². The summed E-state index contributed by atoms with van der Waals surface area (Å²) in [6.07, 6.45) is 9.10. The Hall–Kier alpha value is -3.59. The van der Waals surface area contributed by atoms with E-state index in [1.54, 1.807) is 5.38 Å². The Kier molecular flexibility index (Phi) is 37.2. The van der Waals surface area contributed by atoms with Crippen molar-refractivity contribution in [1.82, 2.24) is 20.1 Å². The van der Waals surface area contributed by atoms with E-state index < -0.39 is 12.0 Å². The number of hydrogen-bond donors (Lipinski definition) is 4. The van der Waals surface area contributed by atoms with E-state index in [-0.39, 0.29) is 54.3 Å². The molecular formula is C47H86N6O7S. The number of nitrogens with two attached hydrogens (primary N) is 2. The number of unbranched alkanes of at least 4 members (excludes halogenated alkanes) is 3. The SMILES string of the molecule is CC.CC.CCCCC(=O)N(CCC)C(CC(OCCC)c1nc(C(=O)NC(CCC(=O)O)Cc2ccc(OCCCCN)cc2)cs1)C(C)C.CCCCN(C)CC(N)=O. The van der Waals surface area contributed by atoms with E-state index in [1.807, 2.05) is 68.8 Å². The number of likely N-dealkylation sites (N-methyl/N-ethyl adjacent to an activating group) is 1. The van der Waals surface area contributed by atoms with Crippen molar-refractivity contribution in [2.45, 2.75) is 171 Å². The lowest BCUT2D eigenvalue weighted by Crippen LogP contribution is -2.44. The number of thiazole rings is 1.